The van der Waals surface area contributed by atoms with E-state index in [-0.39, 0.29) is 13.2 Å². The van der Waals surface area contributed by atoms with Gasteiger partial charge in [0.2, 0.25) is 0 Å². The number of rotatable bonds is 7. The van der Waals surface area contributed by atoms with Crippen LogP contribution in [0.3, 0.4) is 0 Å². The molecule has 0 aromatic heterocycles. The summed E-state index contributed by atoms with van der Waals surface area (Å²) in [5.41, 5.74) is 2.89. The van der Waals surface area contributed by atoms with Crippen LogP contribution in [0.2, 0.25) is 0 Å². The number of hydrogen-bond acceptors (Lipinski definition) is 4. The molecule has 0 bridgehead atoms. The zero-order valence-corrected chi connectivity index (χ0v) is 18.5. The van der Waals surface area contributed by atoms with E-state index in [4.69, 9.17) is 9.47 Å². The molecule has 0 spiro atoms. The lowest BCUT2D eigenvalue weighted by Crippen LogP contribution is -2.40. The zero-order chi connectivity index (χ0) is 20.7. The molecule has 2 aromatic carbocycles. The van der Waals surface area contributed by atoms with E-state index in [2.05, 4.69) is 28.9 Å². The van der Waals surface area contributed by atoms with E-state index in [0.717, 1.165) is 15.8 Å². The molecule has 0 radical (unpaired) electrons. The van der Waals surface area contributed by atoms with Crippen molar-refractivity contribution in [2.45, 2.75) is 33.3 Å². The van der Waals surface area contributed by atoms with Gasteiger partial charge in [0.25, 0.3) is 0 Å². The highest BCUT2D eigenvalue weighted by molar-refractivity contribution is 9.10. The van der Waals surface area contributed by atoms with Crippen molar-refractivity contribution in [2.75, 3.05) is 26.3 Å². The first kappa shape index (κ1) is 22.2. The fourth-order valence-electron chi connectivity index (χ4n) is 2.67. The molecule has 0 unspecified atom stereocenters. The normalized spacial score (nSPS) is 11.2. The van der Waals surface area contributed by atoms with Crippen LogP contribution in [-0.2, 0) is 4.74 Å². The predicted octanol–water partition coefficient (Wildman–Crippen LogP) is 5.03. The minimum absolute atomic E-state index is 0.125. The van der Waals surface area contributed by atoms with Gasteiger partial charge in [0.15, 0.2) is 0 Å². The number of nitrogens with zero attached hydrogens (tertiary/aromatic N) is 1. The summed E-state index contributed by atoms with van der Waals surface area (Å²) in [7, 11) is 0. The summed E-state index contributed by atoms with van der Waals surface area (Å²) in [6, 6.07) is 14.0. The second-order valence-electron chi connectivity index (χ2n) is 7.48. The summed E-state index contributed by atoms with van der Waals surface area (Å²) in [6.07, 6.45) is -0.453. The topological polar surface area (TPSA) is 59.0 Å². The van der Waals surface area contributed by atoms with Crippen molar-refractivity contribution >= 4 is 22.0 Å². The Hall–Kier alpha value is -2.05. The van der Waals surface area contributed by atoms with Crippen LogP contribution in [0, 0.1) is 6.92 Å². The highest BCUT2D eigenvalue weighted by Gasteiger charge is 2.21. The van der Waals surface area contributed by atoms with Crippen LogP contribution in [-0.4, -0.2) is 48.0 Å². The third kappa shape index (κ3) is 6.53. The maximum atomic E-state index is 12.2. The van der Waals surface area contributed by atoms with Crippen LogP contribution >= 0.6 is 15.9 Å². The van der Waals surface area contributed by atoms with E-state index in [9.17, 15) is 9.90 Å². The summed E-state index contributed by atoms with van der Waals surface area (Å²) in [6.45, 7) is 8.25. The molecule has 2 rings (SSSR count). The number of benzene rings is 2. The van der Waals surface area contributed by atoms with Crippen molar-refractivity contribution in [3.8, 4) is 16.9 Å². The molecule has 6 heteroatoms. The Balaban J connectivity index is 1.95. The monoisotopic (exact) mass is 449 g/mol. The Labute approximate surface area is 175 Å². The molecule has 0 atom stereocenters. The quantitative estimate of drug-likeness (QED) is 0.643. The molecule has 0 aliphatic carbocycles. The third-order valence-electron chi connectivity index (χ3n) is 4.08. The molecule has 0 saturated heterocycles. The third-order valence-corrected chi connectivity index (χ3v) is 4.94. The van der Waals surface area contributed by atoms with Crippen LogP contribution < -0.4 is 4.74 Å². The van der Waals surface area contributed by atoms with Crippen molar-refractivity contribution in [3.05, 3.63) is 52.5 Å². The van der Waals surface area contributed by atoms with Crippen LogP contribution in [0.15, 0.2) is 46.9 Å². The molecule has 2 aromatic rings. The molecule has 0 fully saturated rings. The molecular formula is C22H28BrNO4. The van der Waals surface area contributed by atoms with E-state index < -0.39 is 11.7 Å². The van der Waals surface area contributed by atoms with Crippen molar-refractivity contribution in [1.82, 2.24) is 4.90 Å². The number of ether oxygens (including phenoxy) is 2. The van der Waals surface area contributed by atoms with E-state index in [1.807, 2.05) is 57.2 Å². The van der Waals surface area contributed by atoms with Gasteiger partial charge in [-0.3, -0.25) is 0 Å². The van der Waals surface area contributed by atoms with Crippen LogP contribution in [0.4, 0.5) is 4.79 Å². The minimum atomic E-state index is -0.577. The fraction of sp³-hybridized carbons (Fsp3) is 0.409. The van der Waals surface area contributed by atoms with Gasteiger partial charge in [-0.1, -0.05) is 40.2 Å². The number of halogens is 1. The molecule has 5 nitrogen and oxygen atoms in total. The van der Waals surface area contributed by atoms with Gasteiger partial charge in [-0.15, -0.1) is 0 Å². The second-order valence-corrected chi connectivity index (χ2v) is 8.33. The first-order valence-electron chi connectivity index (χ1n) is 9.28. The molecule has 152 valence electrons. The second kappa shape index (κ2) is 9.94. The largest absolute Gasteiger partial charge is 0.492 e. The van der Waals surface area contributed by atoms with Gasteiger partial charge in [-0.25, -0.2) is 4.79 Å². The van der Waals surface area contributed by atoms with E-state index in [1.165, 1.54) is 16.0 Å². The maximum absolute atomic E-state index is 12.2. The van der Waals surface area contributed by atoms with Gasteiger partial charge >= 0.3 is 6.09 Å². The molecule has 0 aliphatic rings. The Kier molecular flexibility index (Phi) is 7.89. The summed E-state index contributed by atoms with van der Waals surface area (Å²) < 4.78 is 12.2. The van der Waals surface area contributed by atoms with Gasteiger partial charge in [0.1, 0.15) is 18.0 Å². The SMILES string of the molecule is Cc1c(Br)cccc1-c1ccc(OCCN(CCO)C(=O)OC(C)(C)C)cc1. The zero-order valence-electron chi connectivity index (χ0n) is 16.9. The van der Waals surface area contributed by atoms with Crippen LogP contribution in [0.25, 0.3) is 11.1 Å². The molecule has 28 heavy (non-hydrogen) atoms. The lowest BCUT2D eigenvalue weighted by molar-refractivity contribution is 0.0194. The summed E-state index contributed by atoms with van der Waals surface area (Å²) in [5, 5.41) is 9.19. The van der Waals surface area contributed by atoms with Crippen molar-refractivity contribution < 1.29 is 19.4 Å². The van der Waals surface area contributed by atoms with Crippen LogP contribution in [0.1, 0.15) is 26.3 Å². The highest BCUT2D eigenvalue weighted by atomic mass is 79.9. The standard InChI is InChI=1S/C22H28BrNO4/c1-16-19(6-5-7-20(16)23)17-8-10-18(11-9-17)27-15-13-24(12-14-25)21(26)28-22(2,3)4/h5-11,25H,12-15H2,1-4H3. The van der Waals surface area contributed by atoms with Gasteiger partial charge in [-0.2, -0.15) is 0 Å². The van der Waals surface area contributed by atoms with Gasteiger partial charge < -0.3 is 19.5 Å². The average molecular weight is 450 g/mol. The Bertz CT molecular complexity index is 784. The summed E-state index contributed by atoms with van der Waals surface area (Å²) in [4.78, 5) is 13.6. The summed E-state index contributed by atoms with van der Waals surface area (Å²) >= 11 is 3.56. The predicted molar refractivity (Wildman–Crippen MR) is 115 cm³/mol. The summed E-state index contributed by atoms with van der Waals surface area (Å²) in [5.74, 6) is 0.726. The Morgan fingerprint density at radius 3 is 2.39 bits per heavy atom. The molecule has 0 aliphatic heterocycles. The smallest absolute Gasteiger partial charge is 0.410 e. The number of aliphatic hydroxyl groups is 1. The van der Waals surface area contributed by atoms with Gasteiger partial charge in [-0.05, 0) is 62.6 Å². The average Bonchev–Trinajstić information content (AvgIpc) is 2.62. The van der Waals surface area contributed by atoms with E-state index >= 15 is 0 Å². The number of carbonyl (C=O) groups is 1. The fourth-order valence-corrected chi connectivity index (χ4v) is 3.03. The van der Waals surface area contributed by atoms with Gasteiger partial charge in [0, 0.05) is 11.0 Å². The van der Waals surface area contributed by atoms with Gasteiger partial charge in [0.05, 0.1) is 13.2 Å². The molecular weight excluding hydrogens is 422 g/mol. The van der Waals surface area contributed by atoms with Crippen molar-refractivity contribution in [3.63, 3.8) is 0 Å². The Morgan fingerprint density at radius 2 is 1.79 bits per heavy atom. The molecule has 0 saturated carbocycles. The maximum Gasteiger partial charge on any atom is 0.410 e. The van der Waals surface area contributed by atoms with Crippen molar-refractivity contribution in [1.29, 1.82) is 0 Å². The number of aliphatic hydroxyl groups excluding tert-OH is 1. The first-order valence-corrected chi connectivity index (χ1v) is 10.1. The Morgan fingerprint density at radius 1 is 1.11 bits per heavy atom. The highest BCUT2D eigenvalue weighted by Crippen LogP contribution is 2.29. The first-order chi connectivity index (χ1) is 13.2. The molecule has 1 amide bonds. The van der Waals surface area contributed by atoms with Crippen LogP contribution in [0.5, 0.6) is 5.75 Å². The number of hydrogen-bond donors (Lipinski definition) is 1. The number of carbonyl (C=O) groups excluding carboxylic acids is 1. The lowest BCUT2D eigenvalue weighted by Gasteiger charge is -2.26. The van der Waals surface area contributed by atoms with E-state index in [1.54, 1.807) is 0 Å². The lowest BCUT2D eigenvalue weighted by atomic mass is 10.0. The van der Waals surface area contributed by atoms with E-state index in [0.29, 0.717) is 13.2 Å². The molecule has 1 N–H and O–H groups in total. The minimum Gasteiger partial charge on any atom is -0.492 e. The van der Waals surface area contributed by atoms with Crippen molar-refractivity contribution in [2.24, 2.45) is 0 Å². The number of amides is 1. The molecule has 0 heterocycles.